The van der Waals surface area contributed by atoms with Crippen LogP contribution < -0.4 is 9.47 Å². The van der Waals surface area contributed by atoms with Crippen LogP contribution in [0.4, 0.5) is 0 Å². The molecule has 0 bridgehead atoms. The molecule has 1 amide bonds. The lowest BCUT2D eigenvalue weighted by Gasteiger charge is -2.26. The van der Waals surface area contributed by atoms with Crippen LogP contribution in [0.15, 0.2) is 53.4 Å². The summed E-state index contributed by atoms with van der Waals surface area (Å²) in [6, 6.07) is 13.7. The Morgan fingerprint density at radius 3 is 2.48 bits per heavy atom. The van der Waals surface area contributed by atoms with Crippen LogP contribution in [0.5, 0.6) is 11.5 Å². The molecule has 0 saturated carbocycles. The van der Waals surface area contributed by atoms with Gasteiger partial charge in [-0.3, -0.25) is 14.5 Å². The highest BCUT2D eigenvalue weighted by molar-refractivity contribution is 8.26. The number of hydrogen-bond acceptors (Lipinski definition) is 6. The van der Waals surface area contributed by atoms with E-state index in [1.54, 1.807) is 55.7 Å². The Bertz CT molecular complexity index is 974. The summed E-state index contributed by atoms with van der Waals surface area (Å²) in [5, 5.41) is 9.36. The molecule has 0 aromatic heterocycles. The first-order chi connectivity index (χ1) is 13.9. The number of thiocarbonyl (C=S) groups is 1. The molecule has 8 heteroatoms. The van der Waals surface area contributed by atoms with Gasteiger partial charge in [0.25, 0.3) is 5.91 Å². The van der Waals surface area contributed by atoms with Crippen molar-refractivity contribution in [2.24, 2.45) is 0 Å². The molecule has 1 saturated heterocycles. The van der Waals surface area contributed by atoms with E-state index in [4.69, 9.17) is 21.7 Å². The minimum atomic E-state index is -1.00. The molecule has 1 aliphatic heterocycles. The van der Waals surface area contributed by atoms with E-state index in [9.17, 15) is 14.7 Å². The van der Waals surface area contributed by atoms with Gasteiger partial charge in [-0.1, -0.05) is 60.4 Å². The summed E-state index contributed by atoms with van der Waals surface area (Å²) < 4.78 is 10.9. The molecule has 1 atom stereocenters. The number of rotatable bonds is 7. The maximum atomic E-state index is 13.1. The molecule has 3 rings (SSSR count). The van der Waals surface area contributed by atoms with Crippen LogP contribution in [0, 0.1) is 0 Å². The van der Waals surface area contributed by atoms with Crippen molar-refractivity contribution in [3.05, 3.63) is 64.6 Å². The van der Waals surface area contributed by atoms with E-state index in [0.717, 1.165) is 22.9 Å². The Kier molecular flexibility index (Phi) is 6.56. The van der Waals surface area contributed by atoms with Gasteiger partial charge in [-0.25, -0.2) is 0 Å². The van der Waals surface area contributed by atoms with Crippen molar-refractivity contribution in [2.75, 3.05) is 14.2 Å². The van der Waals surface area contributed by atoms with Gasteiger partial charge in [0.1, 0.15) is 4.32 Å². The predicted molar refractivity (Wildman–Crippen MR) is 116 cm³/mol. The van der Waals surface area contributed by atoms with Gasteiger partial charge in [0.15, 0.2) is 11.5 Å². The van der Waals surface area contributed by atoms with Crippen molar-refractivity contribution in [3.8, 4) is 11.5 Å². The number of amides is 1. The van der Waals surface area contributed by atoms with Crippen LogP contribution in [-0.4, -0.2) is 40.4 Å². The predicted octanol–water partition coefficient (Wildman–Crippen LogP) is 4.12. The molecule has 0 spiro atoms. The van der Waals surface area contributed by atoms with E-state index in [2.05, 4.69) is 0 Å². The van der Waals surface area contributed by atoms with Crippen molar-refractivity contribution in [3.63, 3.8) is 0 Å². The first-order valence-electron chi connectivity index (χ1n) is 8.70. The lowest BCUT2D eigenvalue weighted by atomic mass is 10.0. The highest BCUT2D eigenvalue weighted by Crippen LogP contribution is 2.40. The number of nitrogens with zero attached hydrogens (tertiary/aromatic N) is 1. The van der Waals surface area contributed by atoms with Crippen LogP contribution in [0.1, 0.15) is 23.6 Å². The Morgan fingerprint density at radius 2 is 1.86 bits per heavy atom. The molecule has 1 fully saturated rings. The first-order valence-corrected chi connectivity index (χ1v) is 9.93. The number of ether oxygens (including phenoxy) is 2. The fraction of sp³-hybridized carbons (Fsp3) is 0.190. The van der Waals surface area contributed by atoms with Gasteiger partial charge < -0.3 is 14.6 Å². The maximum absolute atomic E-state index is 13.1. The molecule has 29 heavy (non-hydrogen) atoms. The SMILES string of the molecule is COc1ccc(C=C2SC(=S)N(C(CC(=O)O)c3ccccc3)C2=O)cc1OC. The number of hydrogen-bond donors (Lipinski definition) is 1. The van der Waals surface area contributed by atoms with Gasteiger partial charge in [0.05, 0.1) is 31.6 Å². The lowest BCUT2D eigenvalue weighted by Crippen LogP contribution is -2.34. The normalized spacial score (nSPS) is 16.2. The number of aliphatic carboxylic acids is 1. The average Bonchev–Trinajstić information content (AvgIpc) is 2.99. The molecule has 1 heterocycles. The molecule has 1 unspecified atom stereocenters. The highest BCUT2D eigenvalue weighted by atomic mass is 32.2. The van der Waals surface area contributed by atoms with Gasteiger partial charge in [-0.15, -0.1) is 0 Å². The minimum absolute atomic E-state index is 0.236. The van der Waals surface area contributed by atoms with Gasteiger partial charge in [-0.2, -0.15) is 0 Å². The molecule has 2 aromatic rings. The van der Waals surface area contributed by atoms with Crippen molar-refractivity contribution in [2.45, 2.75) is 12.5 Å². The van der Waals surface area contributed by atoms with Crippen molar-refractivity contribution < 1.29 is 24.2 Å². The van der Waals surface area contributed by atoms with Gasteiger partial charge in [0, 0.05) is 0 Å². The summed E-state index contributed by atoms with van der Waals surface area (Å²) in [7, 11) is 3.09. The van der Waals surface area contributed by atoms with Gasteiger partial charge in [-0.05, 0) is 29.3 Å². The molecule has 150 valence electrons. The van der Waals surface area contributed by atoms with Gasteiger partial charge >= 0.3 is 5.97 Å². The Labute approximate surface area is 178 Å². The molecular formula is C21H19NO5S2. The number of thioether (sulfide) groups is 1. The summed E-state index contributed by atoms with van der Waals surface area (Å²) in [4.78, 5) is 26.3. The number of methoxy groups -OCH3 is 2. The molecule has 2 aromatic carbocycles. The van der Waals surface area contributed by atoms with Crippen LogP contribution in [0.2, 0.25) is 0 Å². The summed E-state index contributed by atoms with van der Waals surface area (Å²) in [5.74, 6) is -0.186. The fourth-order valence-corrected chi connectivity index (χ4v) is 4.40. The zero-order chi connectivity index (χ0) is 21.0. The molecule has 0 radical (unpaired) electrons. The van der Waals surface area contributed by atoms with Gasteiger partial charge in [0.2, 0.25) is 0 Å². The molecular weight excluding hydrogens is 410 g/mol. The van der Waals surface area contributed by atoms with Crippen LogP contribution in [0.3, 0.4) is 0 Å². The first kappa shape index (κ1) is 20.9. The van der Waals surface area contributed by atoms with Crippen molar-refractivity contribution >= 4 is 46.3 Å². The van der Waals surface area contributed by atoms with Crippen LogP contribution in [-0.2, 0) is 9.59 Å². The second kappa shape index (κ2) is 9.11. The van der Waals surface area contributed by atoms with E-state index in [1.165, 1.54) is 12.0 Å². The number of benzene rings is 2. The second-order valence-corrected chi connectivity index (χ2v) is 7.87. The number of carbonyl (C=O) groups excluding carboxylic acids is 1. The highest BCUT2D eigenvalue weighted by Gasteiger charge is 2.38. The monoisotopic (exact) mass is 429 g/mol. The third kappa shape index (κ3) is 4.60. The molecule has 1 aliphatic rings. The lowest BCUT2D eigenvalue weighted by molar-refractivity contribution is -0.138. The Hall–Kier alpha value is -2.84. The van der Waals surface area contributed by atoms with E-state index >= 15 is 0 Å². The Balaban J connectivity index is 1.94. The Morgan fingerprint density at radius 1 is 1.17 bits per heavy atom. The smallest absolute Gasteiger partial charge is 0.305 e. The topological polar surface area (TPSA) is 76.1 Å². The number of carboxylic acid groups (broad SMARTS) is 1. The van der Waals surface area contributed by atoms with E-state index < -0.39 is 12.0 Å². The summed E-state index contributed by atoms with van der Waals surface area (Å²) in [6.07, 6.45) is 1.48. The van der Waals surface area contributed by atoms with E-state index in [-0.39, 0.29) is 12.3 Å². The van der Waals surface area contributed by atoms with Crippen molar-refractivity contribution in [1.29, 1.82) is 0 Å². The summed E-state index contributed by atoms with van der Waals surface area (Å²) >= 11 is 6.57. The van der Waals surface area contributed by atoms with E-state index in [1.807, 2.05) is 6.07 Å². The average molecular weight is 430 g/mol. The zero-order valence-electron chi connectivity index (χ0n) is 15.8. The molecule has 6 nitrogen and oxygen atoms in total. The van der Waals surface area contributed by atoms with Crippen molar-refractivity contribution in [1.82, 2.24) is 4.90 Å². The van der Waals surface area contributed by atoms with E-state index in [0.29, 0.717) is 20.7 Å². The molecule has 0 aliphatic carbocycles. The zero-order valence-corrected chi connectivity index (χ0v) is 17.5. The van der Waals surface area contributed by atoms with Crippen LogP contribution in [0.25, 0.3) is 6.08 Å². The fourth-order valence-electron chi connectivity index (χ4n) is 3.04. The largest absolute Gasteiger partial charge is 0.493 e. The maximum Gasteiger partial charge on any atom is 0.305 e. The second-order valence-electron chi connectivity index (χ2n) is 6.19. The number of carbonyl (C=O) groups is 2. The summed E-state index contributed by atoms with van der Waals surface area (Å²) in [5.41, 5.74) is 1.47. The third-order valence-corrected chi connectivity index (χ3v) is 5.72. The minimum Gasteiger partial charge on any atom is -0.493 e. The summed E-state index contributed by atoms with van der Waals surface area (Å²) in [6.45, 7) is 0. The van der Waals surface area contributed by atoms with Crippen LogP contribution >= 0.6 is 24.0 Å². The molecule has 1 N–H and O–H groups in total. The third-order valence-electron chi connectivity index (χ3n) is 4.39. The quantitative estimate of drug-likeness (QED) is 0.524. The number of carboxylic acids is 1. The standard InChI is InChI=1S/C21H19NO5S2/c1-26-16-9-8-13(10-17(16)27-2)11-18-20(25)22(21(28)29-18)15(12-19(23)24)14-6-4-3-5-7-14/h3-11,15H,12H2,1-2H3,(H,23,24).